The molecule has 0 aliphatic rings. The Morgan fingerprint density at radius 1 is 1.16 bits per heavy atom. The van der Waals surface area contributed by atoms with Gasteiger partial charge < -0.3 is 11.1 Å². The van der Waals surface area contributed by atoms with E-state index in [2.05, 4.69) is 5.32 Å². The maximum atomic E-state index is 12.2. The fraction of sp³-hybridized carbons (Fsp3) is 0.200. The third kappa shape index (κ3) is 2.58. The van der Waals surface area contributed by atoms with Crippen LogP contribution in [0.3, 0.4) is 0 Å². The van der Waals surface area contributed by atoms with Gasteiger partial charge in [-0.05, 0) is 25.3 Å². The Bertz CT molecular complexity index is 644. The van der Waals surface area contributed by atoms with E-state index in [9.17, 15) is 4.79 Å². The Morgan fingerprint density at radius 2 is 1.79 bits per heavy atom. The van der Waals surface area contributed by atoms with E-state index in [0.717, 1.165) is 16.5 Å². The first-order valence-electron chi connectivity index (χ1n) is 6.02. The van der Waals surface area contributed by atoms with E-state index in [0.29, 0.717) is 0 Å². The highest BCUT2D eigenvalue weighted by Crippen LogP contribution is 2.25. The minimum Gasteiger partial charge on any atom is -0.392 e. The molecule has 0 saturated carbocycles. The predicted molar refractivity (Wildman–Crippen MR) is 83.1 cm³/mol. The van der Waals surface area contributed by atoms with Crippen LogP contribution in [0.15, 0.2) is 42.5 Å². The molecule has 0 aromatic heterocycles. The molecular weight excluding hydrogens is 256 g/mol. The molecule has 0 atom stereocenters. The smallest absolute Gasteiger partial charge is 0.236 e. The molecule has 0 unspecified atom stereocenters. The van der Waals surface area contributed by atoms with Crippen LogP contribution in [0.5, 0.6) is 0 Å². The molecule has 0 aliphatic carbocycles. The van der Waals surface area contributed by atoms with Gasteiger partial charge in [0.1, 0.15) is 0 Å². The number of hydrogen-bond acceptors (Lipinski definition) is 2. The molecule has 2 aromatic rings. The van der Waals surface area contributed by atoms with Gasteiger partial charge in [-0.3, -0.25) is 4.79 Å². The van der Waals surface area contributed by atoms with E-state index in [1.807, 2.05) is 42.5 Å². The Labute approximate surface area is 117 Å². The van der Waals surface area contributed by atoms with Gasteiger partial charge in [-0.1, -0.05) is 48.6 Å². The van der Waals surface area contributed by atoms with Crippen LogP contribution in [-0.4, -0.2) is 10.9 Å². The largest absolute Gasteiger partial charge is 0.392 e. The van der Waals surface area contributed by atoms with Crippen molar-refractivity contribution in [1.29, 1.82) is 0 Å². The lowest BCUT2D eigenvalue weighted by molar-refractivity contribution is -0.121. The summed E-state index contributed by atoms with van der Waals surface area (Å²) in [6, 6.07) is 13.7. The molecule has 0 spiro atoms. The van der Waals surface area contributed by atoms with Crippen LogP contribution in [0.1, 0.15) is 13.8 Å². The maximum absolute atomic E-state index is 12.2. The Kier molecular flexibility index (Phi) is 3.53. The van der Waals surface area contributed by atoms with Gasteiger partial charge in [0.05, 0.1) is 10.4 Å². The summed E-state index contributed by atoms with van der Waals surface area (Å²) in [5.74, 6) is -0.198. The fourth-order valence-corrected chi connectivity index (χ4v) is 1.82. The van der Waals surface area contributed by atoms with Gasteiger partial charge >= 0.3 is 0 Å². The molecule has 3 N–H and O–H groups in total. The quantitative estimate of drug-likeness (QED) is 0.844. The van der Waals surface area contributed by atoms with E-state index >= 15 is 0 Å². The van der Waals surface area contributed by atoms with Crippen LogP contribution in [-0.2, 0) is 4.79 Å². The summed E-state index contributed by atoms with van der Waals surface area (Å²) >= 11 is 4.94. The van der Waals surface area contributed by atoms with Crippen molar-refractivity contribution in [2.24, 2.45) is 11.1 Å². The summed E-state index contributed by atoms with van der Waals surface area (Å²) < 4.78 is 0. The number of fused-ring (bicyclic) bond motifs is 1. The van der Waals surface area contributed by atoms with Crippen LogP contribution in [0, 0.1) is 5.41 Å². The van der Waals surface area contributed by atoms with Crippen molar-refractivity contribution >= 4 is 39.6 Å². The number of nitrogens with two attached hydrogens (primary N) is 1. The molecule has 2 rings (SSSR count). The van der Waals surface area contributed by atoms with Crippen molar-refractivity contribution in [3.63, 3.8) is 0 Å². The minimum atomic E-state index is -0.869. The molecule has 0 fully saturated rings. The zero-order chi connectivity index (χ0) is 14.0. The van der Waals surface area contributed by atoms with Crippen LogP contribution in [0.25, 0.3) is 10.8 Å². The molecule has 0 heterocycles. The molecule has 0 radical (unpaired) electrons. The highest BCUT2D eigenvalue weighted by molar-refractivity contribution is 7.80. The van der Waals surface area contributed by atoms with E-state index in [4.69, 9.17) is 18.0 Å². The first-order chi connectivity index (χ1) is 8.93. The molecule has 19 heavy (non-hydrogen) atoms. The normalized spacial score (nSPS) is 11.3. The standard InChI is InChI=1S/C15H16N2OS/c1-15(2,13(16)19)14(18)17-12-9-5-7-10-6-3-4-8-11(10)12/h3-9H,1-2H3,(H2,16,19)(H,17,18). The SMILES string of the molecule is CC(C)(C(=O)Nc1cccc2ccccc12)C(N)=S. The van der Waals surface area contributed by atoms with Gasteiger partial charge in [0.15, 0.2) is 0 Å². The monoisotopic (exact) mass is 272 g/mol. The second-order valence-corrected chi connectivity index (χ2v) is 5.41. The Morgan fingerprint density at radius 3 is 2.47 bits per heavy atom. The summed E-state index contributed by atoms with van der Waals surface area (Å²) in [5.41, 5.74) is 5.51. The number of nitrogens with one attached hydrogen (secondary N) is 1. The van der Waals surface area contributed by atoms with Crippen LogP contribution in [0.2, 0.25) is 0 Å². The number of hydrogen-bond donors (Lipinski definition) is 2. The topological polar surface area (TPSA) is 55.1 Å². The fourth-order valence-electron chi connectivity index (χ4n) is 1.72. The summed E-state index contributed by atoms with van der Waals surface area (Å²) in [6.07, 6.45) is 0. The molecule has 4 heteroatoms. The third-order valence-electron chi connectivity index (χ3n) is 3.22. The lowest BCUT2D eigenvalue weighted by atomic mass is 9.92. The van der Waals surface area contributed by atoms with E-state index in [1.165, 1.54) is 0 Å². The lowest BCUT2D eigenvalue weighted by Crippen LogP contribution is -2.41. The summed E-state index contributed by atoms with van der Waals surface area (Å²) in [5, 5.41) is 4.97. The average molecular weight is 272 g/mol. The van der Waals surface area contributed by atoms with Crippen molar-refractivity contribution < 1.29 is 4.79 Å². The van der Waals surface area contributed by atoms with Crippen molar-refractivity contribution in [2.45, 2.75) is 13.8 Å². The molecule has 0 aliphatic heterocycles. The van der Waals surface area contributed by atoms with E-state index in [1.54, 1.807) is 13.8 Å². The number of rotatable bonds is 3. The van der Waals surface area contributed by atoms with Gasteiger partial charge in [0.2, 0.25) is 5.91 Å². The average Bonchev–Trinajstić information content (AvgIpc) is 2.39. The van der Waals surface area contributed by atoms with Gasteiger partial charge in [-0.2, -0.15) is 0 Å². The number of carbonyl (C=O) groups excluding carboxylic acids is 1. The van der Waals surface area contributed by atoms with E-state index < -0.39 is 5.41 Å². The Hall–Kier alpha value is -1.94. The lowest BCUT2D eigenvalue weighted by Gasteiger charge is -2.22. The summed E-state index contributed by atoms with van der Waals surface area (Å²) in [6.45, 7) is 3.44. The minimum absolute atomic E-state index is 0.185. The summed E-state index contributed by atoms with van der Waals surface area (Å²) in [7, 11) is 0. The molecule has 3 nitrogen and oxygen atoms in total. The van der Waals surface area contributed by atoms with Crippen LogP contribution >= 0.6 is 12.2 Å². The van der Waals surface area contributed by atoms with Crippen molar-refractivity contribution in [1.82, 2.24) is 0 Å². The maximum Gasteiger partial charge on any atom is 0.236 e. The second kappa shape index (κ2) is 4.97. The highest BCUT2D eigenvalue weighted by atomic mass is 32.1. The Balaban J connectivity index is 2.37. The highest BCUT2D eigenvalue weighted by Gasteiger charge is 2.31. The van der Waals surface area contributed by atoms with Gasteiger partial charge in [-0.15, -0.1) is 0 Å². The molecule has 0 saturated heterocycles. The van der Waals surface area contributed by atoms with Crippen LogP contribution < -0.4 is 11.1 Å². The van der Waals surface area contributed by atoms with E-state index in [-0.39, 0.29) is 10.9 Å². The number of carbonyl (C=O) groups is 1. The zero-order valence-corrected chi connectivity index (χ0v) is 11.8. The van der Waals surface area contributed by atoms with Gasteiger partial charge in [0, 0.05) is 11.1 Å². The molecule has 1 amide bonds. The number of benzene rings is 2. The molecule has 0 bridgehead atoms. The third-order valence-corrected chi connectivity index (χ3v) is 3.73. The summed E-state index contributed by atoms with van der Waals surface area (Å²) in [4.78, 5) is 12.4. The molecular formula is C15H16N2OS. The first kappa shape index (κ1) is 13.5. The number of anilines is 1. The first-order valence-corrected chi connectivity index (χ1v) is 6.43. The number of amides is 1. The second-order valence-electron chi connectivity index (χ2n) is 4.97. The number of thiocarbonyl (C=S) groups is 1. The molecule has 98 valence electrons. The molecule has 2 aromatic carbocycles. The van der Waals surface area contributed by atoms with Gasteiger partial charge in [0.25, 0.3) is 0 Å². The zero-order valence-electron chi connectivity index (χ0n) is 10.9. The van der Waals surface area contributed by atoms with Crippen molar-refractivity contribution in [3.8, 4) is 0 Å². The van der Waals surface area contributed by atoms with Crippen molar-refractivity contribution in [2.75, 3.05) is 5.32 Å². The van der Waals surface area contributed by atoms with Crippen molar-refractivity contribution in [3.05, 3.63) is 42.5 Å². The van der Waals surface area contributed by atoms with Crippen LogP contribution in [0.4, 0.5) is 5.69 Å². The van der Waals surface area contributed by atoms with Gasteiger partial charge in [-0.25, -0.2) is 0 Å². The predicted octanol–water partition coefficient (Wildman–Crippen LogP) is 3.09.